The Balaban J connectivity index is 2.18. The molecule has 4 nitrogen and oxygen atoms in total. The number of rotatable bonds is 0. The summed E-state index contributed by atoms with van der Waals surface area (Å²) in [5, 5.41) is 1.89. The molecule has 0 aliphatic carbocycles. The van der Waals surface area contributed by atoms with Gasteiger partial charge in [0.1, 0.15) is 0 Å². The lowest BCUT2D eigenvalue weighted by Gasteiger charge is -1.99. The Morgan fingerprint density at radius 3 is 2.67 bits per heavy atom. The van der Waals surface area contributed by atoms with E-state index in [-0.39, 0.29) is 0 Å². The first-order chi connectivity index (χ1) is 2.89. The first-order valence-electron chi connectivity index (χ1n) is 1.84. The molecule has 0 amide bonds. The Hall–Kier alpha value is -0.160. The Labute approximate surface area is 36.4 Å². The van der Waals surface area contributed by atoms with E-state index in [9.17, 15) is 0 Å². The van der Waals surface area contributed by atoms with Gasteiger partial charge < -0.3 is 0 Å². The third kappa shape index (κ3) is 0.662. The quantitative estimate of drug-likeness (QED) is 0.333. The van der Waals surface area contributed by atoms with Crippen molar-refractivity contribution in [1.29, 1.82) is 0 Å². The molecule has 0 radical (unpaired) electrons. The van der Waals surface area contributed by atoms with Gasteiger partial charge in [-0.1, -0.05) is 0 Å². The lowest BCUT2D eigenvalue weighted by molar-refractivity contribution is 0.289. The van der Waals surface area contributed by atoms with E-state index in [0.717, 1.165) is 6.67 Å². The minimum absolute atomic E-state index is 0.847. The van der Waals surface area contributed by atoms with Crippen LogP contribution in [0.5, 0.6) is 0 Å². The Bertz CT molecular complexity index is 38.8. The van der Waals surface area contributed by atoms with E-state index in [1.807, 2.05) is 12.1 Å². The molecule has 4 heteroatoms. The second kappa shape index (κ2) is 1.53. The van der Waals surface area contributed by atoms with Gasteiger partial charge in [0.05, 0.1) is 6.67 Å². The highest BCUT2D eigenvalue weighted by molar-refractivity contribution is 4.38. The highest BCUT2D eigenvalue weighted by Gasteiger charge is 1.99. The average molecular weight is 88.1 g/mol. The van der Waals surface area contributed by atoms with Gasteiger partial charge in [-0.05, 0) is 0 Å². The van der Waals surface area contributed by atoms with E-state index in [0.29, 0.717) is 0 Å². The summed E-state index contributed by atoms with van der Waals surface area (Å²) < 4.78 is 0. The minimum Gasteiger partial charge on any atom is -0.227 e. The number of hydrazine groups is 3. The Kier molecular flexibility index (Phi) is 1.02. The van der Waals surface area contributed by atoms with Crippen molar-refractivity contribution >= 4 is 0 Å². The van der Waals surface area contributed by atoms with Crippen molar-refractivity contribution in [1.82, 2.24) is 21.5 Å². The smallest absolute Gasteiger partial charge is 0.0775 e. The summed E-state index contributed by atoms with van der Waals surface area (Å²) in [6, 6.07) is 0. The summed E-state index contributed by atoms with van der Waals surface area (Å²) in [5.74, 6) is 0. The molecule has 6 heavy (non-hydrogen) atoms. The third-order valence-electron chi connectivity index (χ3n) is 0.651. The Morgan fingerprint density at radius 2 is 2.50 bits per heavy atom. The molecule has 1 fully saturated rings. The van der Waals surface area contributed by atoms with Crippen LogP contribution in [-0.4, -0.2) is 18.7 Å². The van der Waals surface area contributed by atoms with Crippen molar-refractivity contribution in [3.8, 4) is 0 Å². The van der Waals surface area contributed by atoms with Gasteiger partial charge in [-0.25, -0.2) is 10.4 Å². The van der Waals surface area contributed by atoms with Crippen LogP contribution in [0.15, 0.2) is 0 Å². The van der Waals surface area contributed by atoms with E-state index in [4.69, 9.17) is 0 Å². The lowest BCUT2D eigenvalue weighted by atomic mass is 11.0. The molecule has 1 rings (SSSR count). The van der Waals surface area contributed by atoms with Gasteiger partial charge in [-0.2, -0.15) is 11.1 Å². The standard InChI is InChI=1S/C2H8N4/c1-6-2-3-4-5-6/h3-5H,2H2,1H3. The van der Waals surface area contributed by atoms with Crippen molar-refractivity contribution in [2.75, 3.05) is 13.7 Å². The normalized spacial score (nSPS) is 25.5. The predicted molar refractivity (Wildman–Crippen MR) is 22.0 cm³/mol. The van der Waals surface area contributed by atoms with Crippen molar-refractivity contribution in [3.05, 3.63) is 0 Å². The second-order valence-corrected chi connectivity index (χ2v) is 1.27. The molecule has 0 aromatic heterocycles. The summed E-state index contributed by atoms with van der Waals surface area (Å²) in [5.41, 5.74) is 8.33. The third-order valence-corrected chi connectivity index (χ3v) is 0.651. The molecule has 0 saturated carbocycles. The van der Waals surface area contributed by atoms with Crippen LogP contribution < -0.4 is 16.5 Å². The highest BCUT2D eigenvalue weighted by atomic mass is 15.9. The van der Waals surface area contributed by atoms with Crippen LogP contribution in [0.3, 0.4) is 0 Å². The van der Waals surface area contributed by atoms with Gasteiger partial charge in [0.15, 0.2) is 0 Å². The van der Waals surface area contributed by atoms with Crippen molar-refractivity contribution in [2.24, 2.45) is 0 Å². The monoisotopic (exact) mass is 88.1 g/mol. The topological polar surface area (TPSA) is 39.3 Å². The van der Waals surface area contributed by atoms with Crippen LogP contribution >= 0.6 is 0 Å². The summed E-state index contributed by atoms with van der Waals surface area (Å²) in [7, 11) is 1.94. The number of hydrogen-bond acceptors (Lipinski definition) is 4. The van der Waals surface area contributed by atoms with E-state index in [2.05, 4.69) is 16.5 Å². The Morgan fingerprint density at radius 1 is 1.67 bits per heavy atom. The molecule has 0 unspecified atom stereocenters. The summed E-state index contributed by atoms with van der Waals surface area (Å²) in [4.78, 5) is 0. The molecular formula is C2H8N4. The summed E-state index contributed by atoms with van der Waals surface area (Å²) in [6.45, 7) is 0.847. The molecule has 36 valence electrons. The first-order valence-corrected chi connectivity index (χ1v) is 1.84. The van der Waals surface area contributed by atoms with Gasteiger partial charge >= 0.3 is 0 Å². The van der Waals surface area contributed by atoms with E-state index >= 15 is 0 Å². The maximum Gasteiger partial charge on any atom is 0.0775 e. The zero-order valence-electron chi connectivity index (χ0n) is 3.65. The summed E-state index contributed by atoms with van der Waals surface area (Å²) >= 11 is 0. The molecule has 0 spiro atoms. The predicted octanol–water partition coefficient (Wildman–Crippen LogP) is -1.60. The van der Waals surface area contributed by atoms with Crippen LogP contribution in [-0.2, 0) is 0 Å². The minimum atomic E-state index is 0.847. The van der Waals surface area contributed by atoms with Crippen molar-refractivity contribution < 1.29 is 0 Å². The lowest BCUT2D eigenvalue weighted by Crippen LogP contribution is -2.34. The second-order valence-electron chi connectivity index (χ2n) is 1.27. The fourth-order valence-corrected chi connectivity index (χ4v) is 0.333. The fraction of sp³-hybridized carbons (Fsp3) is 1.00. The molecule has 0 bridgehead atoms. The molecule has 0 atom stereocenters. The van der Waals surface area contributed by atoms with Crippen molar-refractivity contribution in [3.63, 3.8) is 0 Å². The molecule has 1 aliphatic rings. The summed E-state index contributed by atoms with van der Waals surface area (Å²) in [6.07, 6.45) is 0. The van der Waals surface area contributed by atoms with Crippen LogP contribution in [0.2, 0.25) is 0 Å². The van der Waals surface area contributed by atoms with Crippen LogP contribution in [0.25, 0.3) is 0 Å². The maximum absolute atomic E-state index is 2.84. The highest BCUT2D eigenvalue weighted by Crippen LogP contribution is 1.68. The maximum atomic E-state index is 2.84. The molecule has 1 saturated heterocycles. The van der Waals surface area contributed by atoms with E-state index in [1.54, 1.807) is 0 Å². The average Bonchev–Trinajstić information content (AvgIpc) is 1.86. The number of nitrogens with zero attached hydrogens (tertiary/aromatic N) is 1. The van der Waals surface area contributed by atoms with Gasteiger partial charge in [0.25, 0.3) is 0 Å². The zero-order valence-corrected chi connectivity index (χ0v) is 3.65. The van der Waals surface area contributed by atoms with Gasteiger partial charge in [0.2, 0.25) is 0 Å². The van der Waals surface area contributed by atoms with Crippen LogP contribution in [0.4, 0.5) is 0 Å². The fourth-order valence-electron chi connectivity index (χ4n) is 0.333. The molecule has 0 aromatic rings. The molecule has 1 aliphatic heterocycles. The van der Waals surface area contributed by atoms with Gasteiger partial charge in [0, 0.05) is 7.05 Å². The molecule has 3 N–H and O–H groups in total. The molecular weight excluding hydrogens is 80.0 g/mol. The first kappa shape index (κ1) is 4.01. The van der Waals surface area contributed by atoms with Crippen molar-refractivity contribution in [2.45, 2.75) is 0 Å². The van der Waals surface area contributed by atoms with Gasteiger partial charge in [-0.3, -0.25) is 0 Å². The van der Waals surface area contributed by atoms with Crippen LogP contribution in [0, 0.1) is 0 Å². The number of nitrogens with one attached hydrogen (secondary N) is 3. The van der Waals surface area contributed by atoms with Crippen LogP contribution in [0.1, 0.15) is 0 Å². The SMILES string of the molecule is CN1CNNN1. The zero-order chi connectivity index (χ0) is 4.41. The van der Waals surface area contributed by atoms with Gasteiger partial charge in [-0.15, -0.1) is 0 Å². The van der Waals surface area contributed by atoms with E-state index in [1.165, 1.54) is 0 Å². The number of hydrogen-bond donors (Lipinski definition) is 3. The molecule has 1 heterocycles. The largest absolute Gasteiger partial charge is 0.227 e. The van der Waals surface area contributed by atoms with E-state index < -0.39 is 0 Å². The molecule has 0 aromatic carbocycles.